The number of nitrogens with zero attached hydrogens (tertiary/aromatic N) is 1. The zero-order valence-corrected chi connectivity index (χ0v) is 9.85. The van der Waals surface area contributed by atoms with Gasteiger partial charge in [-0.3, -0.25) is 4.90 Å². The van der Waals surface area contributed by atoms with E-state index in [0.29, 0.717) is 0 Å². The number of hydrogen-bond acceptors (Lipinski definition) is 3. The van der Waals surface area contributed by atoms with E-state index in [1.54, 1.807) is 0 Å². The first-order chi connectivity index (χ1) is 8.18. The highest BCUT2D eigenvalue weighted by molar-refractivity contribution is 5.71. The molecular formula is C13H16N2O2. The van der Waals surface area contributed by atoms with Gasteiger partial charge in [0.2, 0.25) is 0 Å². The molecule has 0 aromatic heterocycles. The Morgan fingerprint density at radius 3 is 2.71 bits per heavy atom. The van der Waals surface area contributed by atoms with Crippen molar-refractivity contribution in [1.82, 2.24) is 10.2 Å². The van der Waals surface area contributed by atoms with Crippen molar-refractivity contribution in [3.63, 3.8) is 0 Å². The highest BCUT2D eigenvalue weighted by Gasteiger charge is 2.54. The first kappa shape index (κ1) is 10.6. The number of nitrogens with one attached hydrogen (secondary N) is 1. The van der Waals surface area contributed by atoms with E-state index in [2.05, 4.69) is 22.3 Å². The van der Waals surface area contributed by atoms with Gasteiger partial charge >= 0.3 is 6.09 Å². The molecule has 2 saturated heterocycles. The van der Waals surface area contributed by atoms with Crippen LogP contribution in [0.4, 0.5) is 4.79 Å². The van der Waals surface area contributed by atoms with Crippen LogP contribution in [0.15, 0.2) is 30.3 Å². The maximum absolute atomic E-state index is 11.2. The number of hydrogen-bond donors (Lipinski definition) is 1. The number of ether oxygens (including phenoxy) is 1. The predicted octanol–water partition coefficient (Wildman–Crippen LogP) is 1.37. The van der Waals surface area contributed by atoms with E-state index in [4.69, 9.17) is 4.74 Å². The normalized spacial score (nSPS) is 26.4. The Morgan fingerprint density at radius 2 is 2.12 bits per heavy atom. The molecule has 2 fully saturated rings. The molecule has 1 amide bonds. The van der Waals surface area contributed by atoms with Gasteiger partial charge in [-0.25, -0.2) is 4.79 Å². The molecule has 4 heteroatoms. The second-order valence-corrected chi connectivity index (χ2v) is 4.95. The first-order valence-corrected chi connectivity index (χ1v) is 5.94. The van der Waals surface area contributed by atoms with Crippen molar-refractivity contribution in [3.05, 3.63) is 35.9 Å². The third kappa shape index (κ3) is 1.78. The van der Waals surface area contributed by atoms with Crippen molar-refractivity contribution < 1.29 is 9.53 Å². The fourth-order valence-corrected chi connectivity index (χ4v) is 2.61. The maximum atomic E-state index is 11.2. The van der Waals surface area contributed by atoms with Crippen LogP contribution in [0.25, 0.3) is 0 Å². The molecule has 0 radical (unpaired) electrons. The molecule has 0 bridgehead atoms. The molecule has 1 N–H and O–H groups in total. The molecule has 0 aliphatic carbocycles. The molecular weight excluding hydrogens is 216 g/mol. The SMILES string of the molecule is C[C@H]1NC(=O)OC12CN(Cc1ccccc1)C2. The maximum Gasteiger partial charge on any atom is 0.408 e. The summed E-state index contributed by atoms with van der Waals surface area (Å²) in [5.41, 5.74) is 1.01. The molecule has 1 aromatic carbocycles. The Labute approximate surface area is 101 Å². The number of benzene rings is 1. The fraction of sp³-hybridized carbons (Fsp3) is 0.462. The lowest BCUT2D eigenvalue weighted by Crippen LogP contribution is -2.66. The summed E-state index contributed by atoms with van der Waals surface area (Å²) < 4.78 is 5.37. The van der Waals surface area contributed by atoms with Crippen LogP contribution in [0.1, 0.15) is 12.5 Å². The average Bonchev–Trinajstić information content (AvgIpc) is 2.55. The molecule has 1 spiro atoms. The number of carbonyl (C=O) groups is 1. The summed E-state index contributed by atoms with van der Waals surface area (Å²) in [5, 5.41) is 2.81. The molecule has 2 aliphatic heterocycles. The van der Waals surface area contributed by atoms with Crippen molar-refractivity contribution in [3.8, 4) is 0 Å². The molecule has 0 saturated carbocycles. The summed E-state index contributed by atoms with van der Waals surface area (Å²) in [5.74, 6) is 0. The molecule has 17 heavy (non-hydrogen) atoms. The summed E-state index contributed by atoms with van der Waals surface area (Å²) in [4.78, 5) is 13.5. The van der Waals surface area contributed by atoms with Crippen molar-refractivity contribution in [1.29, 1.82) is 0 Å². The molecule has 1 atom stereocenters. The largest absolute Gasteiger partial charge is 0.438 e. The van der Waals surface area contributed by atoms with E-state index in [9.17, 15) is 4.79 Å². The van der Waals surface area contributed by atoms with E-state index in [1.165, 1.54) is 5.56 Å². The van der Waals surface area contributed by atoms with Crippen LogP contribution in [-0.4, -0.2) is 35.7 Å². The smallest absolute Gasteiger partial charge is 0.408 e. The Kier molecular flexibility index (Phi) is 2.33. The molecule has 0 unspecified atom stereocenters. The zero-order chi connectivity index (χ0) is 11.9. The van der Waals surface area contributed by atoms with Gasteiger partial charge in [-0.05, 0) is 12.5 Å². The predicted molar refractivity (Wildman–Crippen MR) is 63.5 cm³/mol. The summed E-state index contributed by atoms with van der Waals surface area (Å²) in [7, 11) is 0. The van der Waals surface area contributed by atoms with Gasteiger partial charge in [0.15, 0.2) is 5.60 Å². The van der Waals surface area contributed by atoms with Gasteiger partial charge in [0.1, 0.15) is 0 Å². The highest BCUT2D eigenvalue weighted by Crippen LogP contribution is 2.33. The van der Waals surface area contributed by atoms with Crippen molar-refractivity contribution in [2.45, 2.75) is 25.1 Å². The van der Waals surface area contributed by atoms with Gasteiger partial charge in [-0.1, -0.05) is 30.3 Å². The lowest BCUT2D eigenvalue weighted by Gasteiger charge is -2.47. The molecule has 90 valence electrons. The standard InChI is InChI=1S/C13H16N2O2/c1-10-13(17-12(16)14-10)8-15(9-13)7-11-5-3-2-4-6-11/h2-6,10H,7-9H2,1H3,(H,14,16)/t10-/m1/s1. The first-order valence-electron chi connectivity index (χ1n) is 5.94. The molecule has 3 rings (SSSR count). The summed E-state index contributed by atoms with van der Waals surface area (Å²) in [6.45, 7) is 4.57. The Bertz CT molecular complexity index is 426. The third-order valence-corrected chi connectivity index (χ3v) is 3.65. The number of carbonyl (C=O) groups excluding carboxylic acids is 1. The quantitative estimate of drug-likeness (QED) is 0.837. The summed E-state index contributed by atoms with van der Waals surface area (Å²) in [6.07, 6.45) is -0.281. The van der Waals surface area contributed by atoms with E-state index >= 15 is 0 Å². The van der Waals surface area contributed by atoms with Crippen LogP contribution < -0.4 is 5.32 Å². The van der Waals surface area contributed by atoms with Crippen LogP contribution in [0.2, 0.25) is 0 Å². The van der Waals surface area contributed by atoms with Crippen molar-refractivity contribution >= 4 is 6.09 Å². The molecule has 1 aromatic rings. The van der Waals surface area contributed by atoms with E-state index in [-0.39, 0.29) is 17.7 Å². The monoisotopic (exact) mass is 232 g/mol. The molecule has 2 heterocycles. The van der Waals surface area contributed by atoms with Crippen LogP contribution in [-0.2, 0) is 11.3 Å². The van der Waals surface area contributed by atoms with Crippen molar-refractivity contribution in [2.75, 3.05) is 13.1 Å². The zero-order valence-electron chi connectivity index (χ0n) is 9.85. The van der Waals surface area contributed by atoms with Gasteiger partial charge < -0.3 is 10.1 Å². The summed E-state index contributed by atoms with van der Waals surface area (Å²) in [6, 6.07) is 10.5. The third-order valence-electron chi connectivity index (χ3n) is 3.65. The second-order valence-electron chi connectivity index (χ2n) is 4.95. The number of alkyl carbamates (subject to hydrolysis) is 1. The van der Waals surface area contributed by atoms with Gasteiger partial charge in [-0.2, -0.15) is 0 Å². The van der Waals surface area contributed by atoms with Gasteiger partial charge in [-0.15, -0.1) is 0 Å². The minimum Gasteiger partial charge on any atom is -0.438 e. The van der Waals surface area contributed by atoms with Crippen LogP contribution in [0.5, 0.6) is 0 Å². The van der Waals surface area contributed by atoms with Gasteiger partial charge in [0.25, 0.3) is 0 Å². The average molecular weight is 232 g/mol. The molecule has 2 aliphatic rings. The van der Waals surface area contributed by atoms with Crippen LogP contribution >= 0.6 is 0 Å². The minimum absolute atomic E-state index is 0.113. The van der Waals surface area contributed by atoms with Gasteiger partial charge in [0, 0.05) is 19.6 Å². The highest BCUT2D eigenvalue weighted by atomic mass is 16.6. The molecule has 4 nitrogen and oxygen atoms in total. The number of likely N-dealkylation sites (tertiary alicyclic amines) is 1. The number of amides is 1. The lowest BCUT2D eigenvalue weighted by atomic mass is 9.87. The van der Waals surface area contributed by atoms with Crippen LogP contribution in [0.3, 0.4) is 0 Å². The Morgan fingerprint density at radius 1 is 1.41 bits per heavy atom. The Hall–Kier alpha value is -1.55. The topological polar surface area (TPSA) is 41.6 Å². The summed E-state index contributed by atoms with van der Waals surface area (Å²) >= 11 is 0. The fourth-order valence-electron chi connectivity index (χ4n) is 2.61. The lowest BCUT2D eigenvalue weighted by molar-refractivity contribution is -0.0920. The van der Waals surface area contributed by atoms with E-state index in [0.717, 1.165) is 19.6 Å². The number of rotatable bonds is 2. The van der Waals surface area contributed by atoms with Crippen LogP contribution in [0, 0.1) is 0 Å². The van der Waals surface area contributed by atoms with E-state index in [1.807, 2.05) is 25.1 Å². The van der Waals surface area contributed by atoms with Crippen molar-refractivity contribution in [2.24, 2.45) is 0 Å². The minimum atomic E-state index is -0.286. The van der Waals surface area contributed by atoms with E-state index < -0.39 is 0 Å². The Balaban J connectivity index is 1.60. The second kappa shape index (κ2) is 3.74. The van der Waals surface area contributed by atoms with Gasteiger partial charge in [0.05, 0.1) is 6.04 Å².